The number of H-pyrrole nitrogens is 1. The summed E-state index contributed by atoms with van der Waals surface area (Å²) in [6, 6.07) is 14.7. The van der Waals surface area contributed by atoms with Crippen LogP contribution in [0.5, 0.6) is 5.88 Å². The van der Waals surface area contributed by atoms with Gasteiger partial charge < -0.3 is 25.4 Å². The van der Waals surface area contributed by atoms with Gasteiger partial charge in [-0.1, -0.05) is 41.6 Å². The molecule has 2 heterocycles. The Morgan fingerprint density at radius 1 is 1.14 bits per heavy atom. The summed E-state index contributed by atoms with van der Waals surface area (Å²) in [4.78, 5) is 34.8. The van der Waals surface area contributed by atoms with Gasteiger partial charge in [-0.05, 0) is 12.1 Å². The van der Waals surface area contributed by atoms with Crippen LogP contribution in [-0.4, -0.2) is 51.6 Å². The van der Waals surface area contributed by atoms with Gasteiger partial charge in [0.2, 0.25) is 0 Å². The highest BCUT2D eigenvalue weighted by atomic mass is 16.6. The molecule has 4 N–H and O–H groups in total. The van der Waals surface area contributed by atoms with Crippen molar-refractivity contribution in [3.05, 3.63) is 59.7 Å². The number of nitrogens with one attached hydrogen (secondary N) is 2. The molecule has 9 heteroatoms. The van der Waals surface area contributed by atoms with Gasteiger partial charge in [0.1, 0.15) is 18.0 Å². The Bertz CT molecular complexity index is 1180. The van der Waals surface area contributed by atoms with E-state index >= 15 is 0 Å². The lowest BCUT2D eigenvalue weighted by Crippen LogP contribution is -2.32. The monoisotopic (exact) mass is 392 g/mol. The number of para-hydroxylation sites is 2. The van der Waals surface area contributed by atoms with E-state index in [1.807, 2.05) is 48.5 Å². The molecule has 9 nitrogen and oxygen atoms in total. The number of aliphatic imine (C=N–C) groups is 1. The fourth-order valence-corrected chi connectivity index (χ4v) is 3.09. The number of amides is 1. The highest BCUT2D eigenvalue weighted by molar-refractivity contribution is 6.58. The number of hydrogen-bond donors (Lipinski definition) is 4. The van der Waals surface area contributed by atoms with Crippen molar-refractivity contribution in [2.45, 2.75) is 0 Å². The summed E-state index contributed by atoms with van der Waals surface area (Å²) in [5.41, 5.74) is 3.35. The zero-order valence-electron chi connectivity index (χ0n) is 15.0. The van der Waals surface area contributed by atoms with Crippen molar-refractivity contribution in [2.75, 3.05) is 13.2 Å². The quantitative estimate of drug-likeness (QED) is 0.475. The van der Waals surface area contributed by atoms with Crippen LogP contribution in [0.1, 0.15) is 11.1 Å². The summed E-state index contributed by atoms with van der Waals surface area (Å²) < 4.78 is 0. The van der Waals surface area contributed by atoms with E-state index in [0.717, 1.165) is 10.9 Å². The zero-order valence-corrected chi connectivity index (χ0v) is 15.0. The number of hydrogen-bond acceptors (Lipinski definition) is 6. The van der Waals surface area contributed by atoms with Crippen LogP contribution in [0.3, 0.4) is 0 Å². The van der Waals surface area contributed by atoms with Crippen LogP contribution in [-0.2, 0) is 14.4 Å². The first-order chi connectivity index (χ1) is 14.0. The number of aromatic amines is 1. The summed E-state index contributed by atoms with van der Waals surface area (Å²) in [5, 5.41) is 26.1. The standard InChI is InChI=1S/C20H16N4O5/c25-15(21-9-16(26)27)10-29-24-18-12-6-2-4-8-14(12)22-19(18)17-11-5-1-3-7-13(11)23-20(17)28/h1-8,23,28H,9-10H2,(H,21,25)(H,26,27). The topological polar surface area (TPSA) is 136 Å². The second-order valence-corrected chi connectivity index (χ2v) is 6.26. The molecule has 2 aromatic carbocycles. The van der Waals surface area contributed by atoms with Crippen molar-refractivity contribution >= 4 is 39.9 Å². The zero-order chi connectivity index (χ0) is 20.4. The number of aromatic hydroxyl groups is 1. The Morgan fingerprint density at radius 3 is 2.72 bits per heavy atom. The lowest BCUT2D eigenvalue weighted by molar-refractivity contribution is -0.138. The number of fused-ring (bicyclic) bond motifs is 2. The molecule has 3 aromatic rings. The molecule has 0 aliphatic carbocycles. The molecule has 0 fully saturated rings. The number of carboxylic acid groups (broad SMARTS) is 1. The first-order valence-electron chi connectivity index (χ1n) is 8.71. The number of oxime groups is 1. The van der Waals surface area contributed by atoms with Crippen molar-refractivity contribution in [2.24, 2.45) is 10.1 Å². The number of carboxylic acids is 1. The van der Waals surface area contributed by atoms with E-state index < -0.39 is 25.0 Å². The number of aromatic nitrogens is 1. The summed E-state index contributed by atoms with van der Waals surface area (Å²) in [6.07, 6.45) is 0. The van der Waals surface area contributed by atoms with Gasteiger partial charge in [0.05, 0.1) is 11.3 Å². The molecule has 1 aliphatic rings. The van der Waals surface area contributed by atoms with Gasteiger partial charge in [-0.25, -0.2) is 4.99 Å². The van der Waals surface area contributed by atoms with Crippen LogP contribution in [0.15, 0.2) is 58.7 Å². The molecule has 0 atom stereocenters. The van der Waals surface area contributed by atoms with Crippen LogP contribution < -0.4 is 5.32 Å². The van der Waals surface area contributed by atoms with E-state index in [2.05, 4.69) is 20.4 Å². The fourth-order valence-electron chi connectivity index (χ4n) is 3.09. The van der Waals surface area contributed by atoms with Gasteiger partial charge in [0.15, 0.2) is 12.5 Å². The maximum Gasteiger partial charge on any atom is 0.322 e. The van der Waals surface area contributed by atoms with Crippen molar-refractivity contribution in [1.82, 2.24) is 10.3 Å². The van der Waals surface area contributed by atoms with Crippen LogP contribution in [0.25, 0.3) is 10.9 Å². The molecular formula is C20H16N4O5. The maximum absolute atomic E-state index is 11.7. The Hall–Kier alpha value is -4.14. The number of nitrogens with zero attached hydrogens (tertiary/aromatic N) is 2. The van der Waals surface area contributed by atoms with E-state index in [1.54, 1.807) is 0 Å². The van der Waals surface area contributed by atoms with E-state index in [9.17, 15) is 14.7 Å². The minimum absolute atomic E-state index is 0.0512. The molecule has 4 rings (SSSR count). The van der Waals surface area contributed by atoms with E-state index in [4.69, 9.17) is 9.94 Å². The molecular weight excluding hydrogens is 376 g/mol. The Kier molecular flexibility index (Phi) is 4.70. The molecule has 0 saturated carbocycles. The predicted octanol–water partition coefficient (Wildman–Crippen LogP) is 1.93. The second-order valence-electron chi connectivity index (χ2n) is 6.26. The van der Waals surface area contributed by atoms with E-state index in [1.165, 1.54) is 0 Å². The van der Waals surface area contributed by atoms with Crippen molar-refractivity contribution < 1.29 is 24.6 Å². The number of benzene rings is 2. The summed E-state index contributed by atoms with van der Waals surface area (Å²) in [6.45, 7) is -0.955. The third kappa shape index (κ3) is 3.53. The first kappa shape index (κ1) is 18.2. The molecule has 1 amide bonds. The fraction of sp³-hybridized carbons (Fsp3) is 0.100. The molecule has 1 aromatic heterocycles. The summed E-state index contributed by atoms with van der Waals surface area (Å²) in [5.74, 6) is -1.82. The van der Waals surface area contributed by atoms with E-state index in [0.29, 0.717) is 28.2 Å². The van der Waals surface area contributed by atoms with Crippen molar-refractivity contribution in [1.29, 1.82) is 0 Å². The average molecular weight is 392 g/mol. The van der Waals surface area contributed by atoms with Gasteiger partial charge >= 0.3 is 5.97 Å². The van der Waals surface area contributed by atoms with Crippen LogP contribution in [0.2, 0.25) is 0 Å². The Labute approximate surface area is 164 Å². The average Bonchev–Trinajstić information content (AvgIpc) is 3.23. The molecule has 146 valence electrons. The highest BCUT2D eigenvalue weighted by Gasteiger charge is 2.29. The van der Waals surface area contributed by atoms with Crippen LogP contribution >= 0.6 is 0 Å². The molecule has 0 bridgehead atoms. The molecule has 0 spiro atoms. The van der Waals surface area contributed by atoms with Gasteiger partial charge in [-0.3, -0.25) is 9.59 Å². The Balaban J connectivity index is 1.67. The second kappa shape index (κ2) is 7.47. The molecule has 0 saturated heterocycles. The minimum Gasteiger partial charge on any atom is -0.494 e. The number of carbonyl (C=O) groups excluding carboxylic acids is 1. The minimum atomic E-state index is -1.15. The lowest BCUT2D eigenvalue weighted by atomic mass is 10.0. The van der Waals surface area contributed by atoms with Crippen LogP contribution in [0, 0.1) is 0 Å². The number of rotatable bonds is 6. The van der Waals surface area contributed by atoms with Gasteiger partial charge in [-0.2, -0.15) is 0 Å². The third-order valence-electron chi connectivity index (χ3n) is 4.33. The SMILES string of the molecule is O=C(O)CNC(=O)CON=C1C(c2c(O)[nH]c3ccccc23)=Nc2ccccc21. The van der Waals surface area contributed by atoms with Gasteiger partial charge in [0, 0.05) is 16.5 Å². The van der Waals surface area contributed by atoms with Crippen molar-refractivity contribution in [3.8, 4) is 5.88 Å². The van der Waals surface area contributed by atoms with E-state index in [-0.39, 0.29) is 5.88 Å². The summed E-state index contributed by atoms with van der Waals surface area (Å²) >= 11 is 0. The number of aliphatic carboxylic acids is 1. The van der Waals surface area contributed by atoms with Gasteiger partial charge in [0.25, 0.3) is 5.91 Å². The molecule has 0 radical (unpaired) electrons. The predicted molar refractivity (Wildman–Crippen MR) is 106 cm³/mol. The normalized spacial score (nSPS) is 13.9. The number of carbonyl (C=O) groups is 2. The third-order valence-corrected chi connectivity index (χ3v) is 4.33. The maximum atomic E-state index is 11.7. The van der Waals surface area contributed by atoms with Crippen molar-refractivity contribution in [3.63, 3.8) is 0 Å². The van der Waals surface area contributed by atoms with Gasteiger partial charge in [-0.15, -0.1) is 0 Å². The largest absolute Gasteiger partial charge is 0.494 e. The summed E-state index contributed by atoms with van der Waals surface area (Å²) in [7, 11) is 0. The van der Waals surface area contributed by atoms with Crippen LogP contribution in [0.4, 0.5) is 5.69 Å². The molecule has 29 heavy (non-hydrogen) atoms. The first-order valence-corrected chi connectivity index (χ1v) is 8.71. The highest BCUT2D eigenvalue weighted by Crippen LogP contribution is 2.35. The Morgan fingerprint density at radius 2 is 1.90 bits per heavy atom. The smallest absolute Gasteiger partial charge is 0.322 e. The lowest BCUT2D eigenvalue weighted by Gasteiger charge is -2.05. The molecule has 0 unspecified atom stereocenters. The molecule has 1 aliphatic heterocycles.